The third-order valence-corrected chi connectivity index (χ3v) is 5.57. The number of aryl methyl sites for hydroxylation is 3. The lowest BCUT2D eigenvalue weighted by atomic mass is 10.0. The van der Waals surface area contributed by atoms with Crippen molar-refractivity contribution < 1.29 is 0 Å². The van der Waals surface area contributed by atoms with Crippen molar-refractivity contribution in [3.05, 3.63) is 34.5 Å². The Morgan fingerprint density at radius 1 is 0.906 bits per heavy atom. The van der Waals surface area contributed by atoms with Crippen LogP contribution < -0.4 is 5.32 Å². The van der Waals surface area contributed by atoms with Crippen LogP contribution in [-0.2, 0) is 25.7 Å². The molecule has 0 aromatic carbocycles. The molecule has 0 aliphatic rings. The number of nitrogens with zero attached hydrogens (tertiary/aromatic N) is 6. The highest BCUT2D eigenvalue weighted by molar-refractivity contribution is 5.49. The predicted octanol–water partition coefficient (Wildman–Crippen LogP) is 5.42. The minimum atomic E-state index is 0.537. The van der Waals surface area contributed by atoms with Crippen molar-refractivity contribution in [1.29, 1.82) is 0 Å². The van der Waals surface area contributed by atoms with Crippen molar-refractivity contribution in [2.75, 3.05) is 5.32 Å². The summed E-state index contributed by atoms with van der Waals surface area (Å²) in [5.41, 5.74) is 4.61. The van der Waals surface area contributed by atoms with Gasteiger partial charge < -0.3 is 5.32 Å². The summed E-state index contributed by atoms with van der Waals surface area (Å²) < 4.78 is 1.95. The number of aromatic nitrogens is 7. The summed E-state index contributed by atoms with van der Waals surface area (Å²) >= 11 is 0. The molecule has 0 fully saturated rings. The molecule has 3 aromatic heterocycles. The molecule has 8 heteroatoms. The fourth-order valence-corrected chi connectivity index (χ4v) is 4.05. The van der Waals surface area contributed by atoms with Crippen LogP contribution in [0.25, 0.3) is 5.95 Å². The van der Waals surface area contributed by atoms with Gasteiger partial charge in [0, 0.05) is 18.2 Å². The molecule has 0 amide bonds. The first-order valence-electron chi connectivity index (χ1n) is 12.2. The lowest BCUT2D eigenvalue weighted by Crippen LogP contribution is -2.10. The highest BCUT2D eigenvalue weighted by Crippen LogP contribution is 2.22. The maximum absolute atomic E-state index is 4.93. The maximum Gasteiger partial charge on any atom is 0.252 e. The fraction of sp³-hybridized carbons (Fsp3) is 0.625. The Balaban J connectivity index is 1.84. The SMILES string of the molecule is CCCCCCc1nc(Nc2cc(C)nc(-n3nc(CCC)c(CC)c3CCC)n2)n[nH]1. The van der Waals surface area contributed by atoms with Gasteiger partial charge in [-0.3, -0.25) is 5.10 Å². The largest absolute Gasteiger partial charge is 0.307 e. The van der Waals surface area contributed by atoms with Gasteiger partial charge in [0.1, 0.15) is 11.6 Å². The van der Waals surface area contributed by atoms with Crippen molar-refractivity contribution in [3.63, 3.8) is 0 Å². The van der Waals surface area contributed by atoms with Gasteiger partial charge in [-0.25, -0.2) is 9.67 Å². The molecule has 0 bridgehead atoms. The summed E-state index contributed by atoms with van der Waals surface area (Å²) in [5, 5.41) is 15.5. The third kappa shape index (κ3) is 5.93. The van der Waals surface area contributed by atoms with E-state index < -0.39 is 0 Å². The summed E-state index contributed by atoms with van der Waals surface area (Å²) in [6.45, 7) is 10.8. The zero-order valence-electron chi connectivity index (χ0n) is 20.3. The van der Waals surface area contributed by atoms with E-state index in [2.05, 4.69) is 48.2 Å². The van der Waals surface area contributed by atoms with Crippen LogP contribution in [0.5, 0.6) is 0 Å². The van der Waals surface area contributed by atoms with E-state index in [0.29, 0.717) is 17.7 Å². The number of nitrogens with one attached hydrogen (secondary N) is 2. The smallest absolute Gasteiger partial charge is 0.252 e. The van der Waals surface area contributed by atoms with Crippen LogP contribution in [0.15, 0.2) is 6.07 Å². The topological polar surface area (TPSA) is 97.2 Å². The van der Waals surface area contributed by atoms with Crippen LogP contribution in [0.4, 0.5) is 11.8 Å². The van der Waals surface area contributed by atoms with Gasteiger partial charge in [-0.2, -0.15) is 15.1 Å². The number of hydrogen-bond acceptors (Lipinski definition) is 6. The lowest BCUT2D eigenvalue weighted by molar-refractivity contribution is 0.653. The van der Waals surface area contributed by atoms with Crippen LogP contribution in [-0.4, -0.2) is 34.9 Å². The molecular formula is C24H38N8. The Hall–Kier alpha value is -2.77. The molecule has 3 heterocycles. The Morgan fingerprint density at radius 3 is 2.44 bits per heavy atom. The van der Waals surface area contributed by atoms with E-state index in [0.717, 1.165) is 56.5 Å². The van der Waals surface area contributed by atoms with Crippen LogP contribution >= 0.6 is 0 Å². The van der Waals surface area contributed by atoms with Gasteiger partial charge in [0.2, 0.25) is 5.95 Å². The first-order chi connectivity index (χ1) is 15.6. The van der Waals surface area contributed by atoms with E-state index >= 15 is 0 Å². The van der Waals surface area contributed by atoms with E-state index in [4.69, 9.17) is 15.1 Å². The average molecular weight is 439 g/mol. The van der Waals surface area contributed by atoms with E-state index in [1.807, 2.05) is 17.7 Å². The van der Waals surface area contributed by atoms with Gasteiger partial charge >= 0.3 is 0 Å². The van der Waals surface area contributed by atoms with E-state index in [9.17, 15) is 0 Å². The standard InChI is InChI=1S/C24H38N8/c1-6-10-11-12-15-21-26-23(30-29-21)27-22-16-17(5)25-24(28-22)32-20(14-8-3)18(9-4)19(31-32)13-7-2/h16H,6-15H2,1-5H3,(H2,25,26,27,28,29,30). The molecule has 0 saturated heterocycles. The molecule has 0 aliphatic carbocycles. The van der Waals surface area contributed by atoms with Crippen molar-refractivity contribution in [2.45, 2.75) is 98.8 Å². The summed E-state index contributed by atoms with van der Waals surface area (Å²) in [6.07, 6.45) is 10.8. The van der Waals surface area contributed by atoms with Gasteiger partial charge in [-0.05, 0) is 38.2 Å². The number of unbranched alkanes of at least 4 members (excludes halogenated alkanes) is 3. The van der Waals surface area contributed by atoms with Gasteiger partial charge in [0.05, 0.1) is 11.4 Å². The van der Waals surface area contributed by atoms with Crippen molar-refractivity contribution in [3.8, 4) is 5.95 Å². The average Bonchev–Trinajstić information content (AvgIpc) is 3.35. The number of anilines is 2. The zero-order chi connectivity index (χ0) is 22.9. The monoisotopic (exact) mass is 438 g/mol. The molecule has 3 rings (SSSR count). The molecule has 2 N–H and O–H groups in total. The third-order valence-electron chi connectivity index (χ3n) is 5.57. The summed E-state index contributed by atoms with van der Waals surface area (Å²) in [6, 6.07) is 1.91. The minimum Gasteiger partial charge on any atom is -0.307 e. The van der Waals surface area contributed by atoms with Crippen LogP contribution in [0, 0.1) is 6.92 Å². The van der Waals surface area contributed by atoms with E-state index in [-0.39, 0.29) is 0 Å². The number of aromatic amines is 1. The predicted molar refractivity (Wildman–Crippen MR) is 129 cm³/mol. The molecular weight excluding hydrogens is 400 g/mol. The molecule has 0 spiro atoms. The second kappa shape index (κ2) is 11.7. The Morgan fingerprint density at radius 2 is 1.72 bits per heavy atom. The molecule has 3 aromatic rings. The van der Waals surface area contributed by atoms with Crippen molar-refractivity contribution >= 4 is 11.8 Å². The number of H-pyrrole nitrogens is 1. The van der Waals surface area contributed by atoms with Gasteiger partial charge in [-0.15, -0.1) is 5.10 Å². The first-order valence-corrected chi connectivity index (χ1v) is 12.2. The molecule has 8 nitrogen and oxygen atoms in total. The van der Waals surface area contributed by atoms with E-state index in [1.165, 1.54) is 36.2 Å². The first kappa shape index (κ1) is 23.9. The molecule has 0 unspecified atom stereocenters. The van der Waals surface area contributed by atoms with E-state index in [1.54, 1.807) is 0 Å². The molecule has 0 radical (unpaired) electrons. The summed E-state index contributed by atoms with van der Waals surface area (Å²) in [7, 11) is 0. The Kier molecular flexibility index (Phi) is 8.76. The Bertz CT molecular complexity index is 988. The molecule has 0 atom stereocenters. The molecule has 174 valence electrons. The molecule has 0 saturated carbocycles. The molecule has 0 aliphatic heterocycles. The van der Waals surface area contributed by atoms with Crippen molar-refractivity contribution in [1.82, 2.24) is 34.9 Å². The van der Waals surface area contributed by atoms with Gasteiger partial charge in [0.25, 0.3) is 5.95 Å². The van der Waals surface area contributed by atoms with Crippen LogP contribution in [0.2, 0.25) is 0 Å². The lowest BCUT2D eigenvalue weighted by Gasteiger charge is -2.09. The highest BCUT2D eigenvalue weighted by atomic mass is 15.4. The Labute approximate surface area is 191 Å². The summed E-state index contributed by atoms with van der Waals surface area (Å²) in [5.74, 6) is 2.72. The second-order valence-corrected chi connectivity index (χ2v) is 8.37. The quantitative estimate of drug-likeness (QED) is 0.346. The minimum absolute atomic E-state index is 0.537. The zero-order valence-corrected chi connectivity index (χ0v) is 20.3. The fourth-order valence-electron chi connectivity index (χ4n) is 4.05. The normalized spacial score (nSPS) is 11.3. The van der Waals surface area contributed by atoms with Crippen LogP contribution in [0.3, 0.4) is 0 Å². The van der Waals surface area contributed by atoms with Crippen LogP contribution in [0.1, 0.15) is 94.7 Å². The maximum atomic E-state index is 4.93. The number of rotatable bonds is 13. The second-order valence-electron chi connectivity index (χ2n) is 8.37. The molecule has 32 heavy (non-hydrogen) atoms. The summed E-state index contributed by atoms with van der Waals surface area (Å²) in [4.78, 5) is 14.0. The van der Waals surface area contributed by atoms with Gasteiger partial charge in [0.15, 0.2) is 0 Å². The highest BCUT2D eigenvalue weighted by Gasteiger charge is 2.19. The van der Waals surface area contributed by atoms with Crippen molar-refractivity contribution in [2.24, 2.45) is 0 Å². The van der Waals surface area contributed by atoms with Gasteiger partial charge in [-0.1, -0.05) is 59.8 Å². The number of hydrogen-bond donors (Lipinski definition) is 2.